The van der Waals surface area contributed by atoms with Gasteiger partial charge in [-0.05, 0) is 49.4 Å². The first-order valence-electron chi connectivity index (χ1n) is 12.0. The lowest BCUT2D eigenvalue weighted by atomic mass is 10.0. The maximum atomic E-state index is 14.1. The number of alkyl halides is 2. The number of nitrogens with one attached hydrogen (secondary N) is 3. The molecule has 1 atom stereocenters. The highest BCUT2D eigenvalue weighted by Gasteiger charge is 2.31. The van der Waals surface area contributed by atoms with Gasteiger partial charge in [0.1, 0.15) is 0 Å². The Hall–Kier alpha value is -4.66. The van der Waals surface area contributed by atoms with E-state index in [9.17, 15) is 23.2 Å². The van der Waals surface area contributed by atoms with Crippen molar-refractivity contribution in [3.05, 3.63) is 96.2 Å². The van der Waals surface area contributed by atoms with Crippen molar-refractivity contribution in [2.45, 2.75) is 26.2 Å². The number of rotatable bonds is 8. The molecule has 3 aromatic carbocycles. The summed E-state index contributed by atoms with van der Waals surface area (Å²) in [6.07, 6.45) is 1.24. The second kappa shape index (κ2) is 10.8. The molecule has 7 nitrogen and oxygen atoms in total. The molecule has 0 saturated carbocycles. The van der Waals surface area contributed by atoms with Crippen molar-refractivity contribution in [2.75, 3.05) is 10.6 Å². The summed E-state index contributed by atoms with van der Waals surface area (Å²) in [6.45, 7) is 2.67. The fourth-order valence-corrected chi connectivity index (χ4v) is 4.07. The molecule has 1 aromatic heterocycles. The smallest absolute Gasteiger partial charge is 0.273 e. The largest absolute Gasteiger partial charge is 0.325 e. The molecular formula is C29H28F2N4O3. The third-order valence-electron chi connectivity index (χ3n) is 6.15. The number of anilines is 2. The molecule has 0 radical (unpaired) electrons. The van der Waals surface area contributed by atoms with Crippen LogP contribution in [0.1, 0.15) is 37.6 Å². The van der Waals surface area contributed by atoms with Crippen LogP contribution in [0.4, 0.5) is 20.2 Å². The van der Waals surface area contributed by atoms with Crippen LogP contribution in [0.25, 0.3) is 10.9 Å². The van der Waals surface area contributed by atoms with Gasteiger partial charge in [-0.1, -0.05) is 43.3 Å². The lowest BCUT2D eigenvalue weighted by Crippen LogP contribution is -2.38. The van der Waals surface area contributed by atoms with E-state index < -0.39 is 30.1 Å². The maximum absolute atomic E-state index is 14.1. The fourth-order valence-electron chi connectivity index (χ4n) is 4.07. The van der Waals surface area contributed by atoms with Gasteiger partial charge in [-0.25, -0.2) is 8.78 Å². The van der Waals surface area contributed by atoms with E-state index in [0.717, 1.165) is 11.5 Å². The number of amides is 2. The second-order valence-corrected chi connectivity index (χ2v) is 8.86. The Labute approximate surface area is 219 Å². The lowest BCUT2D eigenvalue weighted by Gasteiger charge is -2.18. The Balaban J connectivity index is 0.00000420. The number of carbonyl (C=O) groups excluding carboxylic acids is 3. The van der Waals surface area contributed by atoms with Crippen LogP contribution in [0.15, 0.2) is 85.1 Å². The molecule has 0 aliphatic rings. The van der Waals surface area contributed by atoms with Gasteiger partial charge in [-0.2, -0.15) is 0 Å². The highest BCUT2D eigenvalue weighted by Crippen LogP contribution is 2.32. The predicted molar refractivity (Wildman–Crippen MR) is 145 cm³/mol. The molecule has 196 valence electrons. The monoisotopic (exact) mass is 518 g/mol. The van der Waals surface area contributed by atoms with Crippen LogP contribution in [-0.2, 0) is 15.5 Å². The molecule has 3 N–H and O–H groups in total. The van der Waals surface area contributed by atoms with Crippen LogP contribution in [0.5, 0.6) is 0 Å². The molecule has 38 heavy (non-hydrogen) atoms. The Morgan fingerprint density at radius 2 is 1.58 bits per heavy atom. The molecule has 1 unspecified atom stereocenters. The van der Waals surface area contributed by atoms with Gasteiger partial charge in [-0.3, -0.25) is 19.0 Å². The van der Waals surface area contributed by atoms with Gasteiger partial charge in [0.2, 0.25) is 11.8 Å². The van der Waals surface area contributed by atoms with E-state index in [4.69, 9.17) is 5.41 Å². The SMILES string of the molecule is CCC(F)(F)c1cccc(NC(=O)C(C(C)=N)C(=O)Nc2ccc3ccn(C(=O)c4ccccc4)c3c2)c1.[HH]. The van der Waals surface area contributed by atoms with Crippen molar-refractivity contribution in [2.24, 2.45) is 5.92 Å². The number of carbonyl (C=O) groups is 3. The quantitative estimate of drug-likeness (QED) is 0.188. The normalized spacial score (nSPS) is 12.1. The number of fused-ring (bicyclic) bond motifs is 1. The third-order valence-corrected chi connectivity index (χ3v) is 6.15. The molecule has 1 heterocycles. The molecule has 9 heteroatoms. The van der Waals surface area contributed by atoms with E-state index in [0.29, 0.717) is 16.8 Å². The molecule has 0 bridgehead atoms. The first-order chi connectivity index (χ1) is 18.1. The van der Waals surface area contributed by atoms with Crippen LogP contribution in [0.2, 0.25) is 0 Å². The van der Waals surface area contributed by atoms with Crippen molar-refractivity contribution >= 4 is 45.7 Å². The minimum atomic E-state index is -3.06. The minimum Gasteiger partial charge on any atom is -0.325 e. The average molecular weight is 519 g/mol. The molecule has 4 aromatic rings. The van der Waals surface area contributed by atoms with Crippen LogP contribution < -0.4 is 10.6 Å². The van der Waals surface area contributed by atoms with Crippen LogP contribution in [0.3, 0.4) is 0 Å². The molecule has 0 aliphatic heterocycles. The predicted octanol–water partition coefficient (Wildman–Crippen LogP) is 6.31. The van der Waals surface area contributed by atoms with E-state index in [-0.39, 0.29) is 24.3 Å². The highest BCUT2D eigenvalue weighted by molar-refractivity contribution is 6.24. The van der Waals surface area contributed by atoms with Gasteiger partial charge < -0.3 is 16.0 Å². The van der Waals surface area contributed by atoms with Gasteiger partial charge in [0, 0.05) is 47.6 Å². The van der Waals surface area contributed by atoms with E-state index in [2.05, 4.69) is 10.6 Å². The van der Waals surface area contributed by atoms with Gasteiger partial charge in [0.15, 0.2) is 5.92 Å². The van der Waals surface area contributed by atoms with Crippen molar-refractivity contribution in [3.8, 4) is 0 Å². The van der Waals surface area contributed by atoms with Crippen LogP contribution in [-0.4, -0.2) is 28.0 Å². The summed E-state index contributed by atoms with van der Waals surface area (Å²) in [6, 6.07) is 20.7. The van der Waals surface area contributed by atoms with Crippen molar-refractivity contribution in [1.82, 2.24) is 4.57 Å². The summed E-state index contributed by atoms with van der Waals surface area (Å²) in [5, 5.41) is 13.9. The second-order valence-electron chi connectivity index (χ2n) is 8.86. The molecule has 0 saturated heterocycles. The standard InChI is InChI=1S/C29H26F2N4O3.H2/c1-3-29(30,31)21-10-7-11-22(16-21)33-26(36)25(18(2)32)27(37)34-23-13-12-19-14-15-35(24(19)17-23)28(38)20-8-5-4-6-9-20;/h4-17,25,32H,3H2,1-2H3,(H,33,36)(H,34,37);1H. The fraction of sp³-hybridized carbons (Fsp3) is 0.172. The number of benzene rings is 3. The zero-order chi connectivity index (χ0) is 27.4. The first-order valence-corrected chi connectivity index (χ1v) is 12.0. The molecule has 2 amide bonds. The van der Waals surface area contributed by atoms with Gasteiger partial charge in [0.05, 0.1) is 5.52 Å². The minimum absolute atomic E-state index is 0. The number of halogens is 2. The van der Waals surface area contributed by atoms with Crippen LogP contribution in [0, 0.1) is 11.3 Å². The number of aromatic nitrogens is 1. The summed E-state index contributed by atoms with van der Waals surface area (Å²) >= 11 is 0. The molecule has 0 aliphatic carbocycles. The summed E-state index contributed by atoms with van der Waals surface area (Å²) in [5.74, 6) is -6.40. The van der Waals surface area contributed by atoms with E-state index >= 15 is 0 Å². The molecular weight excluding hydrogens is 490 g/mol. The van der Waals surface area contributed by atoms with Crippen molar-refractivity contribution in [1.29, 1.82) is 5.41 Å². The van der Waals surface area contributed by atoms with E-state index in [1.165, 1.54) is 36.6 Å². The molecule has 4 rings (SSSR count). The summed E-state index contributed by atoms with van der Waals surface area (Å²) in [4.78, 5) is 39.0. The van der Waals surface area contributed by atoms with Crippen molar-refractivity contribution in [3.63, 3.8) is 0 Å². The Morgan fingerprint density at radius 1 is 0.921 bits per heavy atom. The average Bonchev–Trinajstić information content (AvgIpc) is 3.32. The maximum Gasteiger partial charge on any atom is 0.273 e. The number of hydrogen-bond donors (Lipinski definition) is 3. The Morgan fingerprint density at radius 3 is 2.21 bits per heavy atom. The number of hydrogen-bond acceptors (Lipinski definition) is 4. The summed E-state index contributed by atoms with van der Waals surface area (Å²) < 4.78 is 29.6. The summed E-state index contributed by atoms with van der Waals surface area (Å²) in [5.41, 5.74) is 0.991. The Kier molecular flexibility index (Phi) is 7.47. The lowest BCUT2D eigenvalue weighted by molar-refractivity contribution is -0.126. The molecule has 0 spiro atoms. The topological polar surface area (TPSA) is 104 Å². The van der Waals surface area contributed by atoms with Crippen LogP contribution >= 0.6 is 0 Å². The third kappa shape index (κ3) is 5.51. The summed E-state index contributed by atoms with van der Waals surface area (Å²) in [7, 11) is 0. The Bertz CT molecular complexity index is 1540. The zero-order valence-corrected chi connectivity index (χ0v) is 20.8. The van der Waals surface area contributed by atoms with Gasteiger partial charge in [0.25, 0.3) is 11.8 Å². The van der Waals surface area contributed by atoms with E-state index in [1.54, 1.807) is 54.7 Å². The van der Waals surface area contributed by atoms with Gasteiger partial charge in [-0.15, -0.1) is 0 Å². The zero-order valence-electron chi connectivity index (χ0n) is 20.8. The van der Waals surface area contributed by atoms with Gasteiger partial charge >= 0.3 is 0 Å². The van der Waals surface area contributed by atoms with E-state index in [1.807, 2.05) is 6.07 Å². The highest BCUT2D eigenvalue weighted by atomic mass is 19.3. The first kappa shape index (κ1) is 26.4. The van der Waals surface area contributed by atoms with Crippen molar-refractivity contribution < 1.29 is 24.6 Å². The number of nitrogens with zero attached hydrogens (tertiary/aromatic N) is 1. The molecule has 0 fully saturated rings.